The lowest BCUT2D eigenvalue weighted by Gasteiger charge is -2.26. The normalized spacial score (nSPS) is 14.1. The van der Waals surface area contributed by atoms with Crippen LogP contribution in [0.15, 0.2) is 54.7 Å². The van der Waals surface area contributed by atoms with Gasteiger partial charge in [0.1, 0.15) is 5.82 Å². The molecule has 1 aromatic heterocycles. The minimum Gasteiger partial charge on any atom is -0.318 e. The number of pyridine rings is 1. The zero-order valence-corrected chi connectivity index (χ0v) is 12.1. The molecular weight excluding hydrogens is 263 g/mol. The summed E-state index contributed by atoms with van der Waals surface area (Å²) < 4.78 is 13.8. The highest BCUT2D eigenvalue weighted by Crippen LogP contribution is 2.29. The molecule has 1 heterocycles. The molecule has 0 amide bonds. The molecule has 0 saturated heterocycles. The van der Waals surface area contributed by atoms with Crippen LogP contribution in [0.4, 0.5) is 4.39 Å². The Bertz CT molecular complexity index is 809. The molecule has 3 aromatic rings. The maximum Gasteiger partial charge on any atom is 0.126 e. The van der Waals surface area contributed by atoms with Crippen LogP contribution in [-0.2, 0) is 5.54 Å². The van der Waals surface area contributed by atoms with Crippen molar-refractivity contribution < 1.29 is 4.39 Å². The number of aryl methyl sites for hydroxylation is 1. The van der Waals surface area contributed by atoms with E-state index in [4.69, 9.17) is 5.73 Å². The lowest BCUT2D eigenvalue weighted by atomic mass is 9.85. The molecule has 0 spiro atoms. The highest BCUT2D eigenvalue weighted by Gasteiger charge is 2.24. The van der Waals surface area contributed by atoms with Crippen LogP contribution in [0, 0.1) is 12.7 Å². The van der Waals surface area contributed by atoms with E-state index in [1.165, 1.54) is 6.07 Å². The second-order valence-corrected chi connectivity index (χ2v) is 5.58. The average Bonchev–Trinajstić information content (AvgIpc) is 2.49. The highest BCUT2D eigenvalue weighted by molar-refractivity contribution is 5.79. The fraction of sp³-hybridized carbons (Fsp3) is 0.167. The molecule has 2 N–H and O–H groups in total. The summed E-state index contributed by atoms with van der Waals surface area (Å²) in [5.74, 6) is -0.233. The first kappa shape index (κ1) is 13.7. The summed E-state index contributed by atoms with van der Waals surface area (Å²) in [6, 6.07) is 15.0. The van der Waals surface area contributed by atoms with Crippen LogP contribution in [0.2, 0.25) is 0 Å². The smallest absolute Gasteiger partial charge is 0.126 e. The van der Waals surface area contributed by atoms with E-state index in [9.17, 15) is 4.39 Å². The minimum absolute atomic E-state index is 0.233. The topological polar surface area (TPSA) is 38.9 Å². The number of nitrogens with zero attached hydrogens (tertiary/aromatic N) is 1. The van der Waals surface area contributed by atoms with E-state index in [0.717, 1.165) is 22.0 Å². The van der Waals surface area contributed by atoms with Crippen molar-refractivity contribution in [1.82, 2.24) is 4.98 Å². The fourth-order valence-electron chi connectivity index (χ4n) is 2.47. The third-order valence-electron chi connectivity index (χ3n) is 3.98. The van der Waals surface area contributed by atoms with Crippen molar-refractivity contribution in [3.63, 3.8) is 0 Å². The van der Waals surface area contributed by atoms with Gasteiger partial charge in [0.05, 0.1) is 11.1 Å². The summed E-state index contributed by atoms with van der Waals surface area (Å²) in [5, 5.41) is 1.06. The molecule has 0 aliphatic rings. The van der Waals surface area contributed by atoms with Crippen molar-refractivity contribution in [3.05, 3.63) is 77.2 Å². The summed E-state index contributed by atoms with van der Waals surface area (Å²) in [7, 11) is 0. The molecule has 3 heteroatoms. The van der Waals surface area contributed by atoms with E-state index < -0.39 is 5.54 Å². The number of benzene rings is 2. The van der Waals surface area contributed by atoms with Gasteiger partial charge in [0.15, 0.2) is 0 Å². The maximum atomic E-state index is 13.8. The van der Waals surface area contributed by atoms with Crippen molar-refractivity contribution in [1.29, 1.82) is 0 Å². The number of hydrogen-bond donors (Lipinski definition) is 1. The van der Waals surface area contributed by atoms with Gasteiger partial charge in [-0.3, -0.25) is 4.98 Å². The van der Waals surface area contributed by atoms with Crippen LogP contribution in [0.5, 0.6) is 0 Å². The van der Waals surface area contributed by atoms with Crippen LogP contribution < -0.4 is 5.73 Å². The van der Waals surface area contributed by atoms with Crippen LogP contribution in [0.25, 0.3) is 10.9 Å². The van der Waals surface area contributed by atoms with E-state index in [1.807, 2.05) is 43.3 Å². The maximum absolute atomic E-state index is 13.8. The van der Waals surface area contributed by atoms with E-state index in [-0.39, 0.29) is 5.82 Å². The zero-order chi connectivity index (χ0) is 15.0. The molecule has 0 radical (unpaired) electrons. The first-order valence-electron chi connectivity index (χ1n) is 6.89. The predicted molar refractivity (Wildman–Crippen MR) is 83.5 cm³/mol. The fourth-order valence-corrected chi connectivity index (χ4v) is 2.47. The van der Waals surface area contributed by atoms with Crippen molar-refractivity contribution in [3.8, 4) is 0 Å². The van der Waals surface area contributed by atoms with Gasteiger partial charge in [-0.05, 0) is 48.7 Å². The van der Waals surface area contributed by atoms with Gasteiger partial charge in [-0.15, -0.1) is 0 Å². The lowest BCUT2D eigenvalue weighted by Crippen LogP contribution is -2.34. The molecule has 0 saturated carbocycles. The highest BCUT2D eigenvalue weighted by atomic mass is 19.1. The number of fused-ring (bicyclic) bond motifs is 1. The largest absolute Gasteiger partial charge is 0.318 e. The molecular formula is C18H17FN2. The van der Waals surface area contributed by atoms with Gasteiger partial charge in [0.25, 0.3) is 0 Å². The Morgan fingerprint density at radius 1 is 1.05 bits per heavy atom. The summed E-state index contributed by atoms with van der Waals surface area (Å²) in [6.07, 6.45) is 1.76. The molecule has 0 fully saturated rings. The standard InChI is InChI=1S/C18H17FN2/c1-12-5-7-14(10-16(12)19)18(2,20)15-8-6-13-4-3-9-21-17(13)11-15/h3-11H,20H2,1-2H3. The Labute approximate surface area is 123 Å². The zero-order valence-electron chi connectivity index (χ0n) is 12.1. The quantitative estimate of drug-likeness (QED) is 0.773. The molecule has 1 unspecified atom stereocenters. The van der Waals surface area contributed by atoms with Crippen LogP contribution in [0.1, 0.15) is 23.6 Å². The predicted octanol–water partition coefficient (Wildman–Crippen LogP) is 3.90. The van der Waals surface area contributed by atoms with Crippen LogP contribution in [0.3, 0.4) is 0 Å². The summed E-state index contributed by atoms with van der Waals surface area (Å²) >= 11 is 0. The van der Waals surface area contributed by atoms with E-state index in [0.29, 0.717) is 5.56 Å². The van der Waals surface area contributed by atoms with Crippen molar-refractivity contribution in [2.75, 3.05) is 0 Å². The van der Waals surface area contributed by atoms with Crippen LogP contribution in [-0.4, -0.2) is 4.98 Å². The van der Waals surface area contributed by atoms with Crippen LogP contribution >= 0.6 is 0 Å². The average molecular weight is 280 g/mol. The molecule has 0 aliphatic heterocycles. The third-order valence-corrected chi connectivity index (χ3v) is 3.98. The first-order chi connectivity index (χ1) is 9.98. The van der Waals surface area contributed by atoms with Gasteiger partial charge in [0, 0.05) is 11.6 Å². The molecule has 21 heavy (non-hydrogen) atoms. The minimum atomic E-state index is -0.764. The third kappa shape index (κ3) is 2.41. The van der Waals surface area contributed by atoms with Crippen molar-refractivity contribution in [2.45, 2.75) is 19.4 Å². The van der Waals surface area contributed by atoms with Gasteiger partial charge in [-0.2, -0.15) is 0 Å². The molecule has 1 atom stereocenters. The lowest BCUT2D eigenvalue weighted by molar-refractivity contribution is 0.578. The van der Waals surface area contributed by atoms with Gasteiger partial charge in [0.2, 0.25) is 0 Å². The van der Waals surface area contributed by atoms with E-state index in [2.05, 4.69) is 4.98 Å². The Morgan fingerprint density at radius 3 is 2.52 bits per heavy atom. The van der Waals surface area contributed by atoms with Crippen molar-refractivity contribution >= 4 is 10.9 Å². The van der Waals surface area contributed by atoms with E-state index >= 15 is 0 Å². The SMILES string of the molecule is Cc1ccc(C(C)(N)c2ccc3cccnc3c2)cc1F. The molecule has 0 aliphatic carbocycles. The Kier molecular flexibility index (Phi) is 3.22. The molecule has 2 aromatic carbocycles. The number of rotatable bonds is 2. The number of halogens is 1. The Hall–Kier alpha value is -2.26. The van der Waals surface area contributed by atoms with Gasteiger partial charge in [-0.25, -0.2) is 4.39 Å². The summed E-state index contributed by atoms with van der Waals surface area (Å²) in [5.41, 5.74) is 8.88. The monoisotopic (exact) mass is 280 g/mol. The molecule has 3 rings (SSSR count). The second kappa shape index (κ2) is 4.93. The van der Waals surface area contributed by atoms with E-state index in [1.54, 1.807) is 19.2 Å². The van der Waals surface area contributed by atoms with Crippen molar-refractivity contribution in [2.24, 2.45) is 5.73 Å². The Morgan fingerprint density at radius 2 is 1.76 bits per heavy atom. The molecule has 2 nitrogen and oxygen atoms in total. The summed E-state index contributed by atoms with van der Waals surface area (Å²) in [6.45, 7) is 3.63. The number of aromatic nitrogens is 1. The summed E-state index contributed by atoms with van der Waals surface area (Å²) in [4.78, 5) is 4.35. The number of hydrogen-bond acceptors (Lipinski definition) is 2. The first-order valence-corrected chi connectivity index (χ1v) is 6.89. The van der Waals surface area contributed by atoms with Gasteiger partial charge >= 0.3 is 0 Å². The Balaban J connectivity index is 2.12. The van der Waals surface area contributed by atoms with Gasteiger partial charge in [-0.1, -0.05) is 30.3 Å². The number of nitrogens with two attached hydrogens (primary N) is 1. The second-order valence-electron chi connectivity index (χ2n) is 5.58. The molecule has 106 valence electrons. The van der Waals surface area contributed by atoms with Gasteiger partial charge < -0.3 is 5.73 Å². The molecule has 0 bridgehead atoms.